The third-order valence-electron chi connectivity index (χ3n) is 4.45. The minimum atomic E-state index is 0. The van der Waals surface area contributed by atoms with E-state index in [1.165, 1.54) is 25.9 Å². The smallest absolute Gasteiger partial charge is 0.193 e. The number of anilines is 1. The van der Waals surface area contributed by atoms with Gasteiger partial charge in [0.15, 0.2) is 17.5 Å². The Balaban J connectivity index is 0.00000225. The van der Waals surface area contributed by atoms with Crippen molar-refractivity contribution < 1.29 is 9.47 Å². The van der Waals surface area contributed by atoms with Crippen molar-refractivity contribution in [3.05, 3.63) is 18.2 Å². The van der Waals surface area contributed by atoms with E-state index >= 15 is 0 Å². The van der Waals surface area contributed by atoms with Crippen molar-refractivity contribution in [2.24, 2.45) is 16.6 Å². The zero-order chi connectivity index (χ0) is 16.8. The molecule has 1 atom stereocenters. The molecule has 1 unspecified atom stereocenters. The summed E-state index contributed by atoms with van der Waals surface area (Å²) in [5.41, 5.74) is 6.91. The van der Waals surface area contributed by atoms with Gasteiger partial charge in [0, 0.05) is 31.3 Å². The van der Waals surface area contributed by atoms with Gasteiger partial charge in [-0.05, 0) is 44.0 Å². The minimum Gasteiger partial charge on any atom is -0.490 e. The normalized spacial score (nSPS) is 20.7. The van der Waals surface area contributed by atoms with E-state index in [0.29, 0.717) is 25.1 Å². The van der Waals surface area contributed by atoms with Gasteiger partial charge in [0.2, 0.25) is 0 Å². The summed E-state index contributed by atoms with van der Waals surface area (Å²) in [6.45, 7) is 7.88. The summed E-state index contributed by atoms with van der Waals surface area (Å²) in [5, 5.41) is 3.15. The SMILES string of the molecule is CCCN1CCC(CN=C(N)Nc2ccc3c(c2)OCCCO3)C1.I. The molecule has 0 spiro atoms. The van der Waals surface area contributed by atoms with Crippen molar-refractivity contribution in [3.8, 4) is 11.5 Å². The van der Waals surface area contributed by atoms with E-state index in [4.69, 9.17) is 15.2 Å². The third kappa shape index (κ3) is 5.91. The number of nitrogens with zero attached hydrogens (tertiary/aromatic N) is 2. The molecular formula is C18H29IN4O2. The van der Waals surface area contributed by atoms with Crippen LogP contribution < -0.4 is 20.5 Å². The monoisotopic (exact) mass is 460 g/mol. The molecule has 2 aliphatic heterocycles. The first-order valence-electron chi connectivity index (χ1n) is 8.93. The number of ether oxygens (including phenoxy) is 2. The van der Waals surface area contributed by atoms with E-state index in [0.717, 1.165) is 36.7 Å². The molecule has 0 saturated carbocycles. The molecule has 25 heavy (non-hydrogen) atoms. The van der Waals surface area contributed by atoms with Crippen LogP contribution in [0.1, 0.15) is 26.2 Å². The van der Waals surface area contributed by atoms with E-state index in [-0.39, 0.29) is 24.0 Å². The Morgan fingerprint density at radius 1 is 1.32 bits per heavy atom. The van der Waals surface area contributed by atoms with Gasteiger partial charge in [0.1, 0.15) is 0 Å². The first-order valence-corrected chi connectivity index (χ1v) is 8.93. The highest BCUT2D eigenvalue weighted by Crippen LogP contribution is 2.32. The largest absolute Gasteiger partial charge is 0.490 e. The zero-order valence-corrected chi connectivity index (χ0v) is 17.2. The molecule has 6 nitrogen and oxygen atoms in total. The molecule has 0 amide bonds. The molecule has 0 aromatic heterocycles. The number of nitrogens with two attached hydrogens (primary N) is 1. The number of rotatable bonds is 5. The zero-order valence-electron chi connectivity index (χ0n) is 14.9. The van der Waals surface area contributed by atoms with E-state index in [2.05, 4.69) is 22.1 Å². The molecule has 0 aliphatic carbocycles. The lowest BCUT2D eigenvalue weighted by Crippen LogP contribution is -2.25. The van der Waals surface area contributed by atoms with Crippen LogP contribution in [0.15, 0.2) is 23.2 Å². The van der Waals surface area contributed by atoms with Crippen LogP contribution in [0.4, 0.5) is 5.69 Å². The standard InChI is InChI=1S/C18H28N4O2.HI/c1-2-7-22-8-6-14(13-22)12-20-18(19)21-15-4-5-16-17(11-15)24-10-3-9-23-16;/h4-5,11,14H,2-3,6-10,12-13H2,1H3,(H3,19,20,21);1H. The quantitative estimate of drug-likeness (QED) is 0.402. The average Bonchev–Trinajstić information content (AvgIpc) is 2.89. The molecule has 1 aromatic rings. The van der Waals surface area contributed by atoms with Crippen LogP contribution in [0, 0.1) is 5.92 Å². The maximum Gasteiger partial charge on any atom is 0.193 e. The number of hydrogen-bond donors (Lipinski definition) is 2. The Labute approximate surface area is 167 Å². The maximum absolute atomic E-state index is 6.04. The van der Waals surface area contributed by atoms with Gasteiger partial charge in [-0.2, -0.15) is 0 Å². The van der Waals surface area contributed by atoms with Crippen molar-refractivity contribution in [3.63, 3.8) is 0 Å². The van der Waals surface area contributed by atoms with Crippen LogP contribution in [0.25, 0.3) is 0 Å². The number of benzene rings is 1. The Morgan fingerprint density at radius 2 is 2.12 bits per heavy atom. The second-order valence-electron chi connectivity index (χ2n) is 6.52. The summed E-state index contributed by atoms with van der Waals surface area (Å²) in [6.07, 6.45) is 3.32. The van der Waals surface area contributed by atoms with Gasteiger partial charge in [-0.15, -0.1) is 24.0 Å². The van der Waals surface area contributed by atoms with E-state index in [1.54, 1.807) is 0 Å². The average molecular weight is 460 g/mol. The molecule has 0 radical (unpaired) electrons. The highest BCUT2D eigenvalue weighted by molar-refractivity contribution is 14.0. The van der Waals surface area contributed by atoms with E-state index in [9.17, 15) is 0 Å². The number of aliphatic imine (C=N–C) groups is 1. The van der Waals surface area contributed by atoms with Crippen molar-refractivity contribution in [1.29, 1.82) is 0 Å². The fourth-order valence-corrected chi connectivity index (χ4v) is 3.24. The fourth-order valence-electron chi connectivity index (χ4n) is 3.24. The van der Waals surface area contributed by atoms with Gasteiger partial charge in [-0.1, -0.05) is 6.92 Å². The lowest BCUT2D eigenvalue weighted by Gasteiger charge is -2.14. The minimum absolute atomic E-state index is 0. The molecule has 1 saturated heterocycles. The molecule has 3 rings (SSSR count). The van der Waals surface area contributed by atoms with Crippen molar-refractivity contribution >= 4 is 35.6 Å². The number of guanidine groups is 1. The number of hydrogen-bond acceptors (Lipinski definition) is 4. The van der Waals surface area contributed by atoms with E-state index < -0.39 is 0 Å². The van der Waals surface area contributed by atoms with E-state index in [1.807, 2.05) is 18.2 Å². The second-order valence-corrected chi connectivity index (χ2v) is 6.52. The summed E-state index contributed by atoms with van der Waals surface area (Å²) in [6, 6.07) is 5.77. The first-order chi connectivity index (χ1) is 11.7. The van der Waals surface area contributed by atoms with Crippen molar-refractivity contribution in [2.75, 3.05) is 44.7 Å². The van der Waals surface area contributed by atoms with Crippen LogP contribution in [-0.4, -0.2) is 50.3 Å². The highest BCUT2D eigenvalue weighted by Gasteiger charge is 2.21. The number of likely N-dealkylation sites (tertiary alicyclic amines) is 1. The Morgan fingerprint density at radius 3 is 2.92 bits per heavy atom. The summed E-state index contributed by atoms with van der Waals surface area (Å²) in [7, 11) is 0. The summed E-state index contributed by atoms with van der Waals surface area (Å²) in [5.74, 6) is 2.62. The number of nitrogens with one attached hydrogen (secondary N) is 1. The van der Waals surface area contributed by atoms with Gasteiger partial charge < -0.3 is 25.4 Å². The van der Waals surface area contributed by atoms with Crippen LogP contribution in [0.3, 0.4) is 0 Å². The fraction of sp³-hybridized carbons (Fsp3) is 0.611. The van der Waals surface area contributed by atoms with Crippen LogP contribution in [0.5, 0.6) is 11.5 Å². The molecule has 3 N–H and O–H groups in total. The summed E-state index contributed by atoms with van der Waals surface area (Å²) >= 11 is 0. The predicted molar refractivity (Wildman–Crippen MR) is 112 cm³/mol. The highest BCUT2D eigenvalue weighted by atomic mass is 127. The molecule has 140 valence electrons. The molecule has 1 fully saturated rings. The van der Waals surface area contributed by atoms with Gasteiger partial charge in [-0.3, -0.25) is 4.99 Å². The maximum atomic E-state index is 6.04. The topological polar surface area (TPSA) is 72.1 Å². The number of halogens is 1. The van der Waals surface area contributed by atoms with Crippen LogP contribution in [0.2, 0.25) is 0 Å². The summed E-state index contributed by atoms with van der Waals surface area (Å²) < 4.78 is 11.3. The van der Waals surface area contributed by atoms with Crippen molar-refractivity contribution in [1.82, 2.24) is 4.90 Å². The predicted octanol–water partition coefficient (Wildman–Crippen LogP) is 2.92. The Hall–Kier alpha value is -1.22. The second kappa shape index (κ2) is 10.1. The van der Waals surface area contributed by atoms with Crippen LogP contribution in [-0.2, 0) is 0 Å². The lowest BCUT2D eigenvalue weighted by molar-refractivity contribution is 0.297. The molecule has 2 aliphatic rings. The summed E-state index contributed by atoms with van der Waals surface area (Å²) in [4.78, 5) is 7.02. The molecular weight excluding hydrogens is 431 g/mol. The molecule has 1 aromatic carbocycles. The van der Waals surface area contributed by atoms with Gasteiger partial charge in [0.25, 0.3) is 0 Å². The first kappa shape index (κ1) is 20.1. The van der Waals surface area contributed by atoms with Gasteiger partial charge in [0.05, 0.1) is 13.2 Å². The third-order valence-corrected chi connectivity index (χ3v) is 4.45. The van der Waals surface area contributed by atoms with Gasteiger partial charge in [-0.25, -0.2) is 0 Å². The molecule has 0 bridgehead atoms. The van der Waals surface area contributed by atoms with Crippen LogP contribution >= 0.6 is 24.0 Å². The lowest BCUT2D eigenvalue weighted by atomic mass is 10.1. The molecule has 7 heteroatoms. The number of fused-ring (bicyclic) bond motifs is 1. The Kier molecular flexibility index (Phi) is 8.08. The molecule has 2 heterocycles. The van der Waals surface area contributed by atoms with Gasteiger partial charge >= 0.3 is 0 Å². The van der Waals surface area contributed by atoms with Crippen molar-refractivity contribution in [2.45, 2.75) is 26.2 Å². The Bertz CT molecular complexity index is 582.